The van der Waals surface area contributed by atoms with E-state index < -0.39 is 18.5 Å². The van der Waals surface area contributed by atoms with Gasteiger partial charge in [-0.25, -0.2) is 0 Å². The van der Waals surface area contributed by atoms with Gasteiger partial charge in [-0.05, 0) is 30.5 Å². The van der Waals surface area contributed by atoms with Crippen molar-refractivity contribution in [2.24, 2.45) is 0 Å². The van der Waals surface area contributed by atoms with Crippen LogP contribution < -0.4 is 10.6 Å². The van der Waals surface area contributed by atoms with Crippen LogP contribution in [0.4, 0.5) is 5.82 Å². The summed E-state index contributed by atoms with van der Waals surface area (Å²) in [5.41, 5.74) is 3.92. The van der Waals surface area contributed by atoms with Crippen LogP contribution in [-0.2, 0) is 32.1 Å². The van der Waals surface area contributed by atoms with Crippen LogP contribution in [0.15, 0.2) is 60.7 Å². The molecule has 0 spiro atoms. The van der Waals surface area contributed by atoms with Crippen molar-refractivity contribution in [1.29, 1.82) is 5.26 Å². The summed E-state index contributed by atoms with van der Waals surface area (Å²) in [6.07, 6.45) is 0.167. The van der Waals surface area contributed by atoms with Gasteiger partial charge in [0.25, 0.3) is 5.91 Å². The van der Waals surface area contributed by atoms with Crippen molar-refractivity contribution in [1.82, 2.24) is 9.88 Å². The Bertz CT molecular complexity index is 1230. The number of hydrogen-bond acceptors (Lipinski definition) is 5. The number of ether oxygens (including phenoxy) is 1. The smallest absolute Gasteiger partial charge is 0.308 e. The molecule has 3 aromatic rings. The van der Waals surface area contributed by atoms with Crippen LogP contribution in [-0.4, -0.2) is 35.5 Å². The van der Waals surface area contributed by atoms with Crippen molar-refractivity contribution in [3.8, 4) is 6.07 Å². The molecule has 0 atom stereocenters. The predicted octanol–water partition coefficient (Wildman–Crippen LogP) is 3.26. The fraction of sp³-hybridized carbons (Fsp3) is 0.259. The maximum atomic E-state index is 12.5. The second kappa shape index (κ2) is 12.2. The van der Waals surface area contributed by atoms with E-state index in [-0.39, 0.29) is 25.3 Å². The SMILES string of the molecule is Cc1c(C#N)c(NC(=O)COC(=O)CCNC(=O)Cc2ccccc2)n(Cc2ccccc2)c1C. The van der Waals surface area contributed by atoms with Crippen molar-refractivity contribution in [3.63, 3.8) is 0 Å². The molecule has 0 aliphatic carbocycles. The molecule has 0 aliphatic heterocycles. The molecule has 1 heterocycles. The number of nitrogens with one attached hydrogen (secondary N) is 2. The molecule has 35 heavy (non-hydrogen) atoms. The first kappa shape index (κ1) is 25.2. The van der Waals surface area contributed by atoms with E-state index in [2.05, 4.69) is 16.7 Å². The Morgan fingerprint density at radius 1 is 0.943 bits per heavy atom. The Hall–Kier alpha value is -4.38. The summed E-state index contributed by atoms with van der Waals surface area (Å²) in [5, 5.41) is 15.0. The highest BCUT2D eigenvalue weighted by Gasteiger charge is 2.20. The van der Waals surface area contributed by atoms with Gasteiger partial charge in [0.1, 0.15) is 11.9 Å². The number of amides is 2. The number of rotatable bonds is 10. The number of nitrogens with zero attached hydrogens (tertiary/aromatic N) is 2. The number of carbonyl (C=O) groups excluding carboxylic acids is 3. The van der Waals surface area contributed by atoms with E-state index in [1.165, 1.54) is 0 Å². The first-order valence-electron chi connectivity index (χ1n) is 11.3. The van der Waals surface area contributed by atoms with Gasteiger partial charge in [-0.1, -0.05) is 60.7 Å². The summed E-state index contributed by atoms with van der Waals surface area (Å²) in [7, 11) is 0. The van der Waals surface area contributed by atoms with Gasteiger partial charge in [0.2, 0.25) is 5.91 Å². The molecule has 0 bridgehead atoms. The molecular formula is C27H28N4O4. The molecule has 3 rings (SSSR count). The average Bonchev–Trinajstić information content (AvgIpc) is 3.07. The molecular weight excluding hydrogens is 444 g/mol. The Morgan fingerprint density at radius 2 is 1.57 bits per heavy atom. The van der Waals surface area contributed by atoms with Gasteiger partial charge in [-0.2, -0.15) is 5.26 Å². The summed E-state index contributed by atoms with van der Waals surface area (Å²) in [6, 6.07) is 21.1. The summed E-state index contributed by atoms with van der Waals surface area (Å²) in [6.45, 7) is 3.82. The van der Waals surface area contributed by atoms with Gasteiger partial charge < -0.3 is 19.9 Å². The lowest BCUT2D eigenvalue weighted by Gasteiger charge is -2.13. The molecule has 180 valence electrons. The van der Waals surface area contributed by atoms with E-state index in [9.17, 15) is 19.6 Å². The van der Waals surface area contributed by atoms with Crippen LogP contribution in [0.2, 0.25) is 0 Å². The van der Waals surface area contributed by atoms with Gasteiger partial charge in [0.15, 0.2) is 6.61 Å². The molecule has 0 unspecified atom stereocenters. The Balaban J connectivity index is 1.51. The fourth-order valence-corrected chi connectivity index (χ4v) is 3.63. The number of esters is 1. The van der Waals surface area contributed by atoms with Gasteiger partial charge in [0.05, 0.1) is 18.4 Å². The van der Waals surface area contributed by atoms with Crippen molar-refractivity contribution < 1.29 is 19.1 Å². The maximum Gasteiger partial charge on any atom is 0.308 e. The molecule has 0 aliphatic rings. The maximum absolute atomic E-state index is 12.5. The number of hydrogen-bond donors (Lipinski definition) is 2. The number of carbonyl (C=O) groups is 3. The standard InChI is InChI=1S/C27H28N4O4/c1-19-20(2)31(17-22-11-7-4-8-12-22)27(23(19)16-28)30-25(33)18-35-26(34)13-14-29-24(32)15-21-9-5-3-6-10-21/h3-12H,13-15,17-18H2,1-2H3,(H,29,32)(H,30,33). The van der Waals surface area contributed by atoms with E-state index in [0.717, 1.165) is 22.4 Å². The topological polar surface area (TPSA) is 113 Å². The van der Waals surface area contributed by atoms with Crippen LogP contribution in [0.5, 0.6) is 0 Å². The van der Waals surface area contributed by atoms with Crippen LogP contribution >= 0.6 is 0 Å². The minimum absolute atomic E-state index is 0.0557. The second-order valence-corrected chi connectivity index (χ2v) is 8.09. The van der Waals surface area contributed by atoms with E-state index >= 15 is 0 Å². The van der Waals surface area contributed by atoms with E-state index in [0.29, 0.717) is 17.9 Å². The zero-order chi connectivity index (χ0) is 25.2. The number of anilines is 1. The van der Waals surface area contributed by atoms with Crippen molar-refractivity contribution >= 4 is 23.6 Å². The predicted molar refractivity (Wildman–Crippen MR) is 132 cm³/mol. The number of nitriles is 1. The molecule has 2 amide bonds. The molecule has 2 aromatic carbocycles. The minimum Gasteiger partial charge on any atom is -0.456 e. The van der Waals surface area contributed by atoms with E-state index in [4.69, 9.17) is 4.74 Å². The summed E-state index contributed by atoms with van der Waals surface area (Å²) >= 11 is 0. The third-order valence-electron chi connectivity index (χ3n) is 5.61. The molecule has 0 radical (unpaired) electrons. The van der Waals surface area contributed by atoms with Crippen molar-refractivity contribution in [2.45, 2.75) is 33.2 Å². The quantitative estimate of drug-likeness (QED) is 0.440. The van der Waals surface area contributed by atoms with Crippen LogP contribution in [0, 0.1) is 25.2 Å². The third-order valence-corrected chi connectivity index (χ3v) is 5.61. The number of aromatic nitrogens is 1. The van der Waals surface area contributed by atoms with E-state index in [1.54, 1.807) is 0 Å². The highest BCUT2D eigenvalue weighted by molar-refractivity contribution is 5.93. The average molecular weight is 473 g/mol. The van der Waals surface area contributed by atoms with Crippen molar-refractivity contribution in [2.75, 3.05) is 18.5 Å². The summed E-state index contributed by atoms with van der Waals surface area (Å²) < 4.78 is 6.92. The fourth-order valence-electron chi connectivity index (χ4n) is 3.63. The van der Waals surface area contributed by atoms with Crippen LogP contribution in [0.25, 0.3) is 0 Å². The summed E-state index contributed by atoms with van der Waals surface area (Å²) in [5.74, 6) is -0.973. The first-order chi connectivity index (χ1) is 16.9. The van der Waals surface area contributed by atoms with Gasteiger partial charge in [-0.3, -0.25) is 14.4 Å². The highest BCUT2D eigenvalue weighted by Crippen LogP contribution is 2.27. The van der Waals surface area contributed by atoms with Gasteiger partial charge in [0, 0.05) is 18.8 Å². The highest BCUT2D eigenvalue weighted by atomic mass is 16.5. The molecule has 0 saturated heterocycles. The Kier molecular flexibility index (Phi) is 8.79. The second-order valence-electron chi connectivity index (χ2n) is 8.09. The zero-order valence-electron chi connectivity index (χ0n) is 19.8. The number of benzene rings is 2. The molecule has 2 N–H and O–H groups in total. The lowest BCUT2D eigenvalue weighted by Crippen LogP contribution is -2.29. The molecule has 8 nitrogen and oxygen atoms in total. The summed E-state index contributed by atoms with van der Waals surface area (Å²) in [4.78, 5) is 36.5. The normalized spacial score (nSPS) is 10.3. The largest absolute Gasteiger partial charge is 0.456 e. The van der Waals surface area contributed by atoms with Crippen molar-refractivity contribution in [3.05, 3.63) is 88.6 Å². The van der Waals surface area contributed by atoms with Crippen LogP contribution in [0.1, 0.15) is 34.4 Å². The monoisotopic (exact) mass is 472 g/mol. The Morgan fingerprint density at radius 3 is 2.20 bits per heavy atom. The molecule has 1 aromatic heterocycles. The lowest BCUT2D eigenvalue weighted by molar-refractivity contribution is -0.147. The minimum atomic E-state index is -0.604. The third kappa shape index (κ3) is 7.05. The Labute approximate surface area is 204 Å². The zero-order valence-corrected chi connectivity index (χ0v) is 19.8. The van der Waals surface area contributed by atoms with Crippen LogP contribution in [0.3, 0.4) is 0 Å². The first-order valence-corrected chi connectivity index (χ1v) is 11.3. The lowest BCUT2D eigenvalue weighted by atomic mass is 10.1. The molecule has 0 saturated carbocycles. The van der Waals surface area contributed by atoms with Gasteiger partial charge in [-0.15, -0.1) is 0 Å². The van der Waals surface area contributed by atoms with Gasteiger partial charge >= 0.3 is 5.97 Å². The molecule has 0 fully saturated rings. The molecule has 8 heteroatoms. The van der Waals surface area contributed by atoms with E-state index in [1.807, 2.05) is 79.1 Å².